The highest BCUT2D eigenvalue weighted by Gasteiger charge is 2.28. The molecule has 1 saturated heterocycles. The number of nitrogens with one attached hydrogen (secondary N) is 1. The van der Waals surface area contributed by atoms with E-state index in [0.29, 0.717) is 38.6 Å². The van der Waals surface area contributed by atoms with E-state index >= 15 is 0 Å². The minimum absolute atomic E-state index is 0.0984. The van der Waals surface area contributed by atoms with E-state index in [1.54, 1.807) is 0 Å². The van der Waals surface area contributed by atoms with Gasteiger partial charge in [-0.05, 0) is 24.6 Å². The monoisotopic (exact) mass is 426 g/mol. The predicted molar refractivity (Wildman–Crippen MR) is 113 cm³/mol. The van der Waals surface area contributed by atoms with Crippen LogP contribution in [-0.4, -0.2) is 58.6 Å². The molecule has 2 rings (SSSR count). The maximum Gasteiger partial charge on any atom is 0.255 e. The van der Waals surface area contributed by atoms with Gasteiger partial charge >= 0.3 is 0 Å². The third kappa shape index (κ3) is 6.97. The Labute approximate surface area is 174 Å². The number of morpholine rings is 1. The van der Waals surface area contributed by atoms with Crippen LogP contribution in [0.2, 0.25) is 0 Å². The Hall–Kier alpha value is -1.64. The molecule has 0 aliphatic carbocycles. The van der Waals surface area contributed by atoms with Crippen LogP contribution < -0.4 is 10.1 Å². The number of hydrogen-bond acceptors (Lipinski definition) is 5. The van der Waals surface area contributed by atoms with Crippen molar-refractivity contribution >= 4 is 15.9 Å². The van der Waals surface area contributed by atoms with Crippen LogP contribution in [0.4, 0.5) is 0 Å². The highest BCUT2D eigenvalue weighted by Crippen LogP contribution is 2.25. The second kappa shape index (κ2) is 12.1. The van der Waals surface area contributed by atoms with Gasteiger partial charge in [-0.2, -0.15) is 4.31 Å². The van der Waals surface area contributed by atoms with Gasteiger partial charge in [-0.15, -0.1) is 0 Å². The van der Waals surface area contributed by atoms with E-state index in [1.807, 2.05) is 0 Å². The Morgan fingerprint density at radius 1 is 1.10 bits per heavy atom. The van der Waals surface area contributed by atoms with Crippen LogP contribution >= 0.6 is 0 Å². The van der Waals surface area contributed by atoms with Gasteiger partial charge in [-0.1, -0.05) is 45.4 Å². The minimum atomic E-state index is -3.67. The first-order valence-electron chi connectivity index (χ1n) is 10.5. The van der Waals surface area contributed by atoms with Crippen LogP contribution in [0.1, 0.15) is 62.2 Å². The molecule has 0 atom stereocenters. The molecule has 1 aromatic rings. The molecule has 1 heterocycles. The van der Waals surface area contributed by atoms with Crippen molar-refractivity contribution in [3.63, 3.8) is 0 Å². The van der Waals surface area contributed by atoms with Crippen molar-refractivity contribution < 1.29 is 22.7 Å². The van der Waals surface area contributed by atoms with Gasteiger partial charge in [-0.3, -0.25) is 4.79 Å². The van der Waals surface area contributed by atoms with Gasteiger partial charge in [0.2, 0.25) is 10.0 Å². The average Bonchev–Trinajstić information content (AvgIpc) is 2.75. The van der Waals surface area contributed by atoms with E-state index in [0.717, 1.165) is 12.8 Å². The second-order valence-corrected chi connectivity index (χ2v) is 9.19. The average molecular weight is 427 g/mol. The molecule has 0 radical (unpaired) electrons. The summed E-state index contributed by atoms with van der Waals surface area (Å²) >= 11 is 0. The van der Waals surface area contributed by atoms with Gasteiger partial charge in [0, 0.05) is 19.6 Å². The van der Waals surface area contributed by atoms with Crippen molar-refractivity contribution in [2.45, 2.75) is 56.8 Å². The first-order chi connectivity index (χ1) is 14.0. The summed E-state index contributed by atoms with van der Waals surface area (Å²) in [5.41, 5.74) is 0.241. The molecule has 0 saturated carbocycles. The van der Waals surface area contributed by atoms with Crippen molar-refractivity contribution in [2.24, 2.45) is 0 Å². The van der Waals surface area contributed by atoms with Crippen molar-refractivity contribution in [3.8, 4) is 5.75 Å². The molecule has 1 aliphatic rings. The van der Waals surface area contributed by atoms with Gasteiger partial charge in [-0.25, -0.2) is 8.42 Å². The number of amides is 1. The summed E-state index contributed by atoms with van der Waals surface area (Å²) in [5, 5.41) is 2.89. The molecular formula is C21H34N2O5S. The van der Waals surface area contributed by atoms with Gasteiger partial charge in [0.05, 0.1) is 30.8 Å². The van der Waals surface area contributed by atoms with Crippen LogP contribution in [0.15, 0.2) is 23.1 Å². The smallest absolute Gasteiger partial charge is 0.255 e. The Morgan fingerprint density at radius 3 is 2.41 bits per heavy atom. The quantitative estimate of drug-likeness (QED) is 0.519. The standard InChI is InChI=1S/C21H34N2O5S/c1-3-4-5-6-7-8-9-12-22-21(24)19-17-18(10-11-20(19)27-2)29(25,26)23-13-15-28-16-14-23/h10-11,17H,3-9,12-16H2,1-2H3,(H,22,24). The summed E-state index contributed by atoms with van der Waals surface area (Å²) in [6.07, 6.45) is 8.17. The molecule has 29 heavy (non-hydrogen) atoms. The molecule has 1 fully saturated rings. The number of hydrogen-bond donors (Lipinski definition) is 1. The molecule has 0 unspecified atom stereocenters. The number of carbonyl (C=O) groups excluding carboxylic acids is 1. The van der Waals surface area contributed by atoms with Crippen molar-refractivity contribution in [1.82, 2.24) is 9.62 Å². The molecule has 164 valence electrons. The number of ether oxygens (including phenoxy) is 2. The predicted octanol–water partition coefficient (Wildman–Crippen LogP) is 3.20. The van der Waals surface area contributed by atoms with E-state index in [9.17, 15) is 13.2 Å². The summed E-state index contributed by atoms with van der Waals surface area (Å²) in [7, 11) is -2.19. The fraction of sp³-hybridized carbons (Fsp3) is 0.667. The fourth-order valence-corrected chi connectivity index (χ4v) is 4.77. The number of nitrogens with zero attached hydrogens (tertiary/aromatic N) is 1. The lowest BCUT2D eigenvalue weighted by Gasteiger charge is -2.26. The molecule has 1 aliphatic heterocycles. The Morgan fingerprint density at radius 2 is 1.76 bits per heavy atom. The van der Waals surface area contributed by atoms with E-state index in [2.05, 4.69) is 12.2 Å². The second-order valence-electron chi connectivity index (χ2n) is 7.26. The maximum atomic E-state index is 12.9. The van der Waals surface area contributed by atoms with Crippen LogP contribution in [0.25, 0.3) is 0 Å². The molecule has 0 aromatic heterocycles. The van der Waals surface area contributed by atoms with Crippen LogP contribution in [-0.2, 0) is 14.8 Å². The number of rotatable bonds is 12. The van der Waals surface area contributed by atoms with Gasteiger partial charge < -0.3 is 14.8 Å². The van der Waals surface area contributed by atoms with Crippen molar-refractivity contribution in [3.05, 3.63) is 23.8 Å². The summed E-state index contributed by atoms with van der Waals surface area (Å²) in [4.78, 5) is 12.7. The number of benzene rings is 1. The number of unbranched alkanes of at least 4 members (excludes halogenated alkanes) is 6. The van der Waals surface area contributed by atoms with Gasteiger partial charge in [0.15, 0.2) is 0 Å². The molecule has 1 aromatic carbocycles. The zero-order valence-corrected chi connectivity index (χ0v) is 18.4. The zero-order chi connectivity index (χ0) is 21.1. The normalized spacial score (nSPS) is 15.2. The summed E-state index contributed by atoms with van der Waals surface area (Å²) in [6.45, 7) is 4.14. The minimum Gasteiger partial charge on any atom is -0.496 e. The largest absolute Gasteiger partial charge is 0.496 e. The summed E-state index contributed by atoms with van der Waals surface area (Å²) < 4.78 is 37.6. The number of carbonyl (C=O) groups is 1. The zero-order valence-electron chi connectivity index (χ0n) is 17.6. The topological polar surface area (TPSA) is 84.9 Å². The summed E-state index contributed by atoms with van der Waals surface area (Å²) in [6, 6.07) is 4.43. The van der Waals surface area contributed by atoms with Crippen molar-refractivity contribution in [1.29, 1.82) is 0 Å². The first-order valence-corrected chi connectivity index (χ1v) is 12.0. The highest BCUT2D eigenvalue weighted by molar-refractivity contribution is 7.89. The maximum absolute atomic E-state index is 12.9. The van der Waals surface area contributed by atoms with Crippen LogP contribution in [0, 0.1) is 0 Å². The lowest BCUT2D eigenvalue weighted by atomic mass is 10.1. The molecule has 8 heteroatoms. The van der Waals surface area contributed by atoms with Crippen LogP contribution in [0.5, 0.6) is 5.75 Å². The van der Waals surface area contributed by atoms with E-state index in [4.69, 9.17) is 9.47 Å². The number of methoxy groups -OCH3 is 1. The lowest BCUT2D eigenvalue weighted by Crippen LogP contribution is -2.40. The van der Waals surface area contributed by atoms with Crippen molar-refractivity contribution in [2.75, 3.05) is 40.0 Å². The van der Waals surface area contributed by atoms with E-state index < -0.39 is 10.0 Å². The van der Waals surface area contributed by atoms with Gasteiger partial charge in [0.25, 0.3) is 5.91 Å². The fourth-order valence-electron chi connectivity index (χ4n) is 3.34. The SMILES string of the molecule is CCCCCCCCCNC(=O)c1cc(S(=O)(=O)N2CCOCC2)ccc1OC. The Bertz CT molecular complexity index is 745. The molecule has 1 amide bonds. The molecule has 0 spiro atoms. The Kier molecular flexibility index (Phi) is 9.90. The molecule has 7 nitrogen and oxygen atoms in total. The number of sulfonamides is 1. The Balaban J connectivity index is 1.96. The van der Waals surface area contributed by atoms with Crippen LogP contribution in [0.3, 0.4) is 0 Å². The lowest BCUT2D eigenvalue weighted by molar-refractivity contribution is 0.0730. The van der Waals surface area contributed by atoms with Gasteiger partial charge in [0.1, 0.15) is 5.75 Å². The molecule has 1 N–H and O–H groups in total. The summed E-state index contributed by atoms with van der Waals surface area (Å²) in [5.74, 6) is 0.0508. The third-order valence-corrected chi connectivity index (χ3v) is 6.98. The molecule has 0 bridgehead atoms. The molecular weight excluding hydrogens is 392 g/mol. The highest BCUT2D eigenvalue weighted by atomic mass is 32.2. The first kappa shape index (κ1) is 23.6. The third-order valence-electron chi connectivity index (χ3n) is 5.09. The van der Waals surface area contributed by atoms with E-state index in [-0.39, 0.29) is 16.4 Å². The van der Waals surface area contributed by atoms with E-state index in [1.165, 1.54) is 61.7 Å².